The zero-order valence-corrected chi connectivity index (χ0v) is 11.3. The van der Waals surface area contributed by atoms with E-state index in [1.807, 2.05) is 0 Å². The van der Waals surface area contributed by atoms with Gasteiger partial charge in [0, 0.05) is 6.54 Å². The molecule has 1 aliphatic heterocycles. The van der Waals surface area contributed by atoms with E-state index in [0.717, 1.165) is 12.8 Å². The van der Waals surface area contributed by atoms with Gasteiger partial charge in [0.05, 0.1) is 11.6 Å². The molecule has 1 aliphatic rings. The van der Waals surface area contributed by atoms with Crippen molar-refractivity contribution < 1.29 is 18.7 Å². The Kier molecular flexibility index (Phi) is 4.22. The van der Waals surface area contributed by atoms with Crippen molar-refractivity contribution in [3.05, 3.63) is 35.1 Å². The summed E-state index contributed by atoms with van der Waals surface area (Å²) in [5.41, 5.74) is 5.93. The maximum Gasteiger partial charge on any atom is 0.338 e. The lowest BCUT2D eigenvalue weighted by molar-refractivity contribution is 0.0422. The molecule has 1 aromatic carbocycles. The number of primary amides is 1. The van der Waals surface area contributed by atoms with Crippen LogP contribution in [0.5, 0.6) is 0 Å². The Morgan fingerprint density at radius 2 is 2.25 bits per heavy atom. The Balaban J connectivity index is 1.95. The van der Waals surface area contributed by atoms with Crippen molar-refractivity contribution in [3.63, 3.8) is 0 Å². The predicted molar refractivity (Wildman–Crippen MR) is 70.7 cm³/mol. The number of aryl methyl sites for hydroxylation is 1. The van der Waals surface area contributed by atoms with Gasteiger partial charge in [0.2, 0.25) is 0 Å². The average molecular weight is 280 g/mol. The number of carbonyl (C=O) groups is 2. The molecule has 0 saturated carbocycles. The average Bonchev–Trinajstić information content (AvgIpc) is 2.87. The molecule has 0 radical (unpaired) electrons. The van der Waals surface area contributed by atoms with Gasteiger partial charge >= 0.3 is 12.0 Å². The molecule has 1 atom stereocenters. The monoisotopic (exact) mass is 280 g/mol. The van der Waals surface area contributed by atoms with Gasteiger partial charge in [-0.15, -0.1) is 0 Å². The first-order chi connectivity index (χ1) is 9.49. The van der Waals surface area contributed by atoms with E-state index in [2.05, 4.69) is 0 Å². The minimum Gasteiger partial charge on any atom is -0.460 e. The quantitative estimate of drug-likeness (QED) is 0.858. The number of esters is 1. The minimum absolute atomic E-state index is 0.109. The number of likely N-dealkylation sites (tertiary alicyclic amines) is 1. The molecule has 0 bridgehead atoms. The lowest BCUT2D eigenvalue weighted by Crippen LogP contribution is -2.41. The number of amides is 2. The molecule has 2 amide bonds. The fraction of sp³-hybridized carbons (Fsp3) is 0.429. The lowest BCUT2D eigenvalue weighted by atomic mass is 10.1. The van der Waals surface area contributed by atoms with Crippen LogP contribution in [-0.4, -0.2) is 36.1 Å². The molecule has 0 spiro atoms. The van der Waals surface area contributed by atoms with E-state index in [9.17, 15) is 14.0 Å². The normalized spacial score (nSPS) is 18.1. The van der Waals surface area contributed by atoms with Crippen LogP contribution in [0, 0.1) is 12.7 Å². The fourth-order valence-electron chi connectivity index (χ4n) is 2.33. The highest BCUT2D eigenvalue weighted by Gasteiger charge is 2.28. The number of hydrogen-bond donors (Lipinski definition) is 1. The number of rotatable bonds is 3. The molecule has 2 rings (SSSR count). The van der Waals surface area contributed by atoms with E-state index in [0.29, 0.717) is 17.7 Å². The van der Waals surface area contributed by atoms with Crippen molar-refractivity contribution in [2.24, 2.45) is 5.73 Å². The third-order valence-electron chi connectivity index (χ3n) is 3.46. The summed E-state index contributed by atoms with van der Waals surface area (Å²) in [5.74, 6) is -0.887. The Morgan fingerprint density at radius 1 is 1.50 bits per heavy atom. The Hall–Kier alpha value is -2.11. The van der Waals surface area contributed by atoms with Crippen molar-refractivity contribution in [1.29, 1.82) is 0 Å². The van der Waals surface area contributed by atoms with Crippen molar-refractivity contribution in [2.45, 2.75) is 25.8 Å². The van der Waals surface area contributed by atoms with E-state index in [-0.39, 0.29) is 18.5 Å². The standard InChI is InChI=1S/C14H17FN2O3/c1-9-7-10(4-5-12(9)15)13(18)20-8-11-3-2-6-17(11)14(16)19/h4-5,7,11H,2-3,6,8H2,1H3,(H2,16,19)/t11-/m0/s1. The van der Waals surface area contributed by atoms with Crippen molar-refractivity contribution in [1.82, 2.24) is 4.90 Å². The number of hydrogen-bond acceptors (Lipinski definition) is 3. The number of carbonyl (C=O) groups excluding carboxylic acids is 2. The molecular weight excluding hydrogens is 263 g/mol. The molecule has 1 fully saturated rings. The molecule has 1 aromatic rings. The number of halogens is 1. The first kappa shape index (κ1) is 14.3. The van der Waals surface area contributed by atoms with Gasteiger partial charge in [-0.3, -0.25) is 0 Å². The second-order valence-corrected chi connectivity index (χ2v) is 4.89. The maximum atomic E-state index is 13.1. The largest absolute Gasteiger partial charge is 0.460 e. The van der Waals surface area contributed by atoms with Gasteiger partial charge in [0.1, 0.15) is 12.4 Å². The van der Waals surface area contributed by atoms with E-state index in [1.165, 1.54) is 23.1 Å². The molecule has 1 heterocycles. The number of nitrogens with two attached hydrogens (primary N) is 1. The van der Waals surface area contributed by atoms with Crippen LogP contribution < -0.4 is 5.73 Å². The molecule has 5 nitrogen and oxygen atoms in total. The van der Waals surface area contributed by atoms with Gasteiger partial charge in [-0.25, -0.2) is 14.0 Å². The Bertz CT molecular complexity index is 533. The molecule has 2 N–H and O–H groups in total. The summed E-state index contributed by atoms with van der Waals surface area (Å²) < 4.78 is 18.3. The summed E-state index contributed by atoms with van der Waals surface area (Å²) in [4.78, 5) is 24.5. The highest BCUT2D eigenvalue weighted by molar-refractivity contribution is 5.89. The molecular formula is C14H17FN2O3. The zero-order chi connectivity index (χ0) is 14.7. The molecule has 20 heavy (non-hydrogen) atoms. The highest BCUT2D eigenvalue weighted by atomic mass is 19.1. The summed E-state index contributed by atoms with van der Waals surface area (Å²) in [7, 11) is 0. The van der Waals surface area contributed by atoms with Crippen LogP contribution in [0.1, 0.15) is 28.8 Å². The number of nitrogens with zero attached hydrogens (tertiary/aromatic N) is 1. The van der Waals surface area contributed by atoms with Gasteiger partial charge in [-0.05, 0) is 43.5 Å². The topological polar surface area (TPSA) is 72.6 Å². The minimum atomic E-state index is -0.524. The van der Waals surface area contributed by atoms with Crippen molar-refractivity contribution in [2.75, 3.05) is 13.2 Å². The van der Waals surface area contributed by atoms with Crippen LogP contribution in [0.2, 0.25) is 0 Å². The third-order valence-corrected chi connectivity index (χ3v) is 3.46. The fourth-order valence-corrected chi connectivity index (χ4v) is 2.33. The first-order valence-electron chi connectivity index (χ1n) is 6.48. The molecule has 1 saturated heterocycles. The zero-order valence-electron chi connectivity index (χ0n) is 11.3. The summed E-state index contributed by atoms with van der Waals surface area (Å²) in [6, 6.07) is 3.39. The molecule has 108 valence electrons. The predicted octanol–water partition coefficient (Wildman–Crippen LogP) is 1.83. The van der Waals surface area contributed by atoms with Crippen LogP contribution in [0.15, 0.2) is 18.2 Å². The van der Waals surface area contributed by atoms with E-state index in [1.54, 1.807) is 6.92 Å². The SMILES string of the molecule is Cc1cc(C(=O)OC[C@@H]2CCCN2C(N)=O)ccc1F. The molecule has 0 aromatic heterocycles. The van der Waals surface area contributed by atoms with E-state index < -0.39 is 12.0 Å². The van der Waals surface area contributed by atoms with Crippen LogP contribution in [0.3, 0.4) is 0 Å². The molecule has 0 unspecified atom stereocenters. The van der Waals surface area contributed by atoms with Crippen LogP contribution in [0.4, 0.5) is 9.18 Å². The van der Waals surface area contributed by atoms with Gasteiger partial charge in [-0.1, -0.05) is 0 Å². The highest BCUT2D eigenvalue weighted by Crippen LogP contribution is 2.18. The van der Waals surface area contributed by atoms with Gasteiger partial charge in [0.25, 0.3) is 0 Å². The van der Waals surface area contributed by atoms with E-state index in [4.69, 9.17) is 10.5 Å². The van der Waals surface area contributed by atoms with Crippen molar-refractivity contribution >= 4 is 12.0 Å². The summed E-state index contributed by atoms with van der Waals surface area (Å²) in [6.07, 6.45) is 1.61. The summed E-state index contributed by atoms with van der Waals surface area (Å²) in [6.45, 7) is 2.28. The third kappa shape index (κ3) is 3.07. The lowest BCUT2D eigenvalue weighted by Gasteiger charge is -2.22. The Morgan fingerprint density at radius 3 is 2.90 bits per heavy atom. The first-order valence-corrected chi connectivity index (χ1v) is 6.48. The molecule has 6 heteroatoms. The van der Waals surface area contributed by atoms with Crippen LogP contribution in [0.25, 0.3) is 0 Å². The molecule has 0 aliphatic carbocycles. The van der Waals surface area contributed by atoms with Gasteiger partial charge < -0.3 is 15.4 Å². The second kappa shape index (κ2) is 5.90. The smallest absolute Gasteiger partial charge is 0.338 e. The van der Waals surface area contributed by atoms with Gasteiger partial charge in [0.15, 0.2) is 0 Å². The number of ether oxygens (including phenoxy) is 1. The van der Waals surface area contributed by atoms with Crippen molar-refractivity contribution in [3.8, 4) is 0 Å². The summed E-state index contributed by atoms with van der Waals surface area (Å²) in [5, 5.41) is 0. The Labute approximate surface area is 116 Å². The van der Waals surface area contributed by atoms with Gasteiger partial charge in [-0.2, -0.15) is 0 Å². The van der Waals surface area contributed by atoms with Crippen LogP contribution >= 0.6 is 0 Å². The summed E-state index contributed by atoms with van der Waals surface area (Å²) >= 11 is 0. The second-order valence-electron chi connectivity index (χ2n) is 4.89. The van der Waals surface area contributed by atoms with Crippen LogP contribution in [-0.2, 0) is 4.74 Å². The number of urea groups is 1. The maximum absolute atomic E-state index is 13.1. The number of benzene rings is 1. The van der Waals surface area contributed by atoms with E-state index >= 15 is 0 Å².